The fourth-order valence-corrected chi connectivity index (χ4v) is 1.37. The smallest absolute Gasteiger partial charge is 0.295 e. The molecule has 0 bridgehead atoms. The van der Waals surface area contributed by atoms with Crippen molar-refractivity contribution in [3.8, 4) is 0 Å². The zero-order valence-electron chi connectivity index (χ0n) is 9.71. The van der Waals surface area contributed by atoms with Gasteiger partial charge in [0.15, 0.2) is 0 Å². The topological polar surface area (TPSA) is 135 Å². The largest absolute Gasteiger partial charge is 0.545 e. The number of carbonyl (C=O) groups excluding carboxylic acids is 2. The molecule has 19 heavy (non-hydrogen) atoms. The summed E-state index contributed by atoms with van der Waals surface area (Å²) in [5.74, 6) is -3.91. The number of hydrogen-bond donors (Lipinski definition) is 1. The summed E-state index contributed by atoms with van der Waals surface area (Å²) in [6.45, 7) is 1.49. The highest BCUT2D eigenvalue weighted by molar-refractivity contribution is 6.10. The van der Waals surface area contributed by atoms with Crippen molar-refractivity contribution in [3.63, 3.8) is 0 Å². The van der Waals surface area contributed by atoms with Crippen LogP contribution in [-0.4, -0.2) is 16.9 Å². The molecule has 0 saturated carbocycles. The van der Waals surface area contributed by atoms with E-state index < -0.39 is 22.4 Å². The molecule has 1 aromatic carbocycles. The van der Waals surface area contributed by atoms with Crippen LogP contribution in [0, 0.1) is 17.0 Å². The van der Waals surface area contributed by atoms with Crippen LogP contribution in [0.3, 0.4) is 0 Å². The Bertz CT molecular complexity index is 563. The Kier molecular flexibility index (Phi) is 4.19. The zero-order chi connectivity index (χ0) is 14.6. The average molecular weight is 264 g/mol. The molecule has 0 aliphatic carbocycles. The van der Waals surface area contributed by atoms with Gasteiger partial charge in [-0.25, -0.2) is 0 Å². The number of rotatable bonds is 5. The Hall–Kier alpha value is -2.90. The first-order valence-electron chi connectivity index (χ1n) is 4.98. The first kappa shape index (κ1) is 14.2. The van der Waals surface area contributed by atoms with E-state index in [-0.39, 0.29) is 11.4 Å². The number of aliphatic carboxylic acids is 2. The lowest BCUT2D eigenvalue weighted by Crippen LogP contribution is -2.36. The predicted molar refractivity (Wildman–Crippen MR) is 59.6 cm³/mol. The molecule has 0 spiro atoms. The summed E-state index contributed by atoms with van der Waals surface area (Å²) in [5, 5.41) is 34.0. The van der Waals surface area contributed by atoms with E-state index in [0.717, 1.165) is 0 Å². The Labute approximate surface area is 107 Å². The molecule has 0 amide bonds. The second kappa shape index (κ2) is 5.63. The number of hydrogen-bond acceptors (Lipinski definition) is 7. The third-order valence-electron chi connectivity index (χ3n) is 2.23. The third-order valence-corrected chi connectivity index (χ3v) is 2.23. The number of nitro benzene ring substituents is 1. The maximum atomic E-state index is 10.8. The van der Waals surface area contributed by atoms with Crippen molar-refractivity contribution in [1.82, 2.24) is 0 Å². The molecule has 0 aliphatic heterocycles. The van der Waals surface area contributed by atoms with Gasteiger partial charge in [0, 0.05) is 17.3 Å². The number of para-hydroxylation sites is 1. The standard InChI is InChI=1S/C11H10N2O6/c1-6-3-2-4-8(9(6)13(18)19)12-5-7(10(14)15)11(16)17/h2-5,12H,1H3,(H,14,15)(H,16,17)/p-2. The molecule has 0 aromatic heterocycles. The van der Waals surface area contributed by atoms with Crippen LogP contribution in [0.1, 0.15) is 5.56 Å². The van der Waals surface area contributed by atoms with Gasteiger partial charge >= 0.3 is 0 Å². The van der Waals surface area contributed by atoms with Crippen LogP contribution in [0.25, 0.3) is 0 Å². The maximum Gasteiger partial charge on any atom is 0.295 e. The van der Waals surface area contributed by atoms with Gasteiger partial charge in [0.05, 0.1) is 16.9 Å². The molecule has 0 heterocycles. The normalized spacial score (nSPS) is 9.53. The molecule has 1 rings (SSSR count). The highest BCUT2D eigenvalue weighted by atomic mass is 16.6. The van der Waals surface area contributed by atoms with Crippen molar-refractivity contribution in [2.45, 2.75) is 6.92 Å². The zero-order valence-corrected chi connectivity index (χ0v) is 9.71. The Morgan fingerprint density at radius 1 is 1.26 bits per heavy atom. The SMILES string of the molecule is Cc1cccc(NC=C(C(=O)[O-])C(=O)[O-])c1[N+](=O)[O-]. The maximum absolute atomic E-state index is 10.8. The monoisotopic (exact) mass is 264 g/mol. The van der Waals surface area contributed by atoms with E-state index in [0.29, 0.717) is 11.8 Å². The molecule has 0 unspecified atom stereocenters. The van der Waals surface area contributed by atoms with Crippen molar-refractivity contribution >= 4 is 23.3 Å². The van der Waals surface area contributed by atoms with Gasteiger partial charge in [0.25, 0.3) is 5.69 Å². The number of carboxylic acid groups (broad SMARTS) is 2. The molecule has 1 N–H and O–H groups in total. The summed E-state index contributed by atoms with van der Waals surface area (Å²) < 4.78 is 0. The minimum Gasteiger partial charge on any atom is -0.545 e. The lowest BCUT2D eigenvalue weighted by Gasteiger charge is -2.10. The molecule has 0 saturated heterocycles. The highest BCUT2D eigenvalue weighted by Crippen LogP contribution is 2.27. The minimum absolute atomic E-state index is 0.0370. The van der Waals surface area contributed by atoms with Crippen molar-refractivity contribution in [3.05, 3.63) is 45.6 Å². The minimum atomic E-state index is -1.96. The van der Waals surface area contributed by atoms with E-state index >= 15 is 0 Å². The molecule has 100 valence electrons. The lowest BCUT2D eigenvalue weighted by atomic mass is 10.1. The summed E-state index contributed by atoms with van der Waals surface area (Å²) >= 11 is 0. The first-order chi connectivity index (χ1) is 8.84. The number of anilines is 1. The second-order valence-electron chi connectivity index (χ2n) is 3.51. The Morgan fingerprint density at radius 2 is 1.84 bits per heavy atom. The van der Waals surface area contributed by atoms with E-state index in [2.05, 4.69) is 5.32 Å². The third kappa shape index (κ3) is 3.28. The van der Waals surface area contributed by atoms with Gasteiger partial charge in [0.2, 0.25) is 0 Å². The summed E-state index contributed by atoms with van der Waals surface area (Å²) in [6.07, 6.45) is 0.576. The molecule has 8 heteroatoms. The number of benzene rings is 1. The van der Waals surface area contributed by atoms with Crippen LogP contribution in [-0.2, 0) is 9.59 Å². The Morgan fingerprint density at radius 3 is 2.32 bits per heavy atom. The van der Waals surface area contributed by atoms with Gasteiger partial charge in [-0.1, -0.05) is 12.1 Å². The molecule has 1 aromatic rings. The van der Waals surface area contributed by atoms with Gasteiger partial charge in [-0.2, -0.15) is 0 Å². The summed E-state index contributed by atoms with van der Waals surface area (Å²) in [4.78, 5) is 31.1. The Balaban J connectivity index is 3.17. The number of nitro groups is 1. The molecule has 0 atom stereocenters. The van der Waals surface area contributed by atoms with Crippen LogP contribution in [0.5, 0.6) is 0 Å². The van der Waals surface area contributed by atoms with Crippen molar-refractivity contribution in [1.29, 1.82) is 0 Å². The van der Waals surface area contributed by atoms with Crippen LogP contribution < -0.4 is 15.5 Å². The summed E-state index contributed by atoms with van der Waals surface area (Å²) in [7, 11) is 0. The summed E-state index contributed by atoms with van der Waals surface area (Å²) in [5.41, 5.74) is -1.12. The molecule has 0 fully saturated rings. The molecule has 8 nitrogen and oxygen atoms in total. The van der Waals surface area contributed by atoms with Gasteiger partial charge in [0.1, 0.15) is 5.69 Å². The fraction of sp³-hybridized carbons (Fsp3) is 0.0909. The molecular weight excluding hydrogens is 256 g/mol. The quantitative estimate of drug-likeness (QED) is 0.229. The van der Waals surface area contributed by atoms with Crippen molar-refractivity contribution in [2.75, 3.05) is 5.32 Å². The van der Waals surface area contributed by atoms with Gasteiger partial charge in [-0.15, -0.1) is 0 Å². The predicted octanol–water partition coefficient (Wildman–Crippen LogP) is -1.30. The first-order valence-corrected chi connectivity index (χ1v) is 4.98. The van der Waals surface area contributed by atoms with Crippen LogP contribution in [0.15, 0.2) is 30.0 Å². The van der Waals surface area contributed by atoms with Crippen LogP contribution in [0.2, 0.25) is 0 Å². The van der Waals surface area contributed by atoms with Crippen LogP contribution in [0.4, 0.5) is 11.4 Å². The van der Waals surface area contributed by atoms with E-state index in [1.165, 1.54) is 25.1 Å². The van der Waals surface area contributed by atoms with Crippen LogP contribution >= 0.6 is 0 Å². The van der Waals surface area contributed by atoms with Gasteiger partial charge in [-0.05, 0) is 13.0 Å². The molecule has 0 aliphatic rings. The number of carboxylic acids is 2. The van der Waals surface area contributed by atoms with E-state index in [9.17, 15) is 29.9 Å². The van der Waals surface area contributed by atoms with E-state index in [1.807, 2.05) is 0 Å². The number of aryl methyl sites for hydroxylation is 1. The summed E-state index contributed by atoms with van der Waals surface area (Å²) in [6, 6.07) is 4.30. The van der Waals surface area contributed by atoms with E-state index in [1.54, 1.807) is 0 Å². The lowest BCUT2D eigenvalue weighted by molar-refractivity contribution is -0.384. The fourth-order valence-electron chi connectivity index (χ4n) is 1.37. The van der Waals surface area contributed by atoms with E-state index in [4.69, 9.17) is 0 Å². The molecular formula is C11H8N2O6-2. The van der Waals surface area contributed by atoms with Crippen molar-refractivity contribution in [2.24, 2.45) is 0 Å². The number of carbonyl (C=O) groups is 2. The average Bonchev–Trinajstić information content (AvgIpc) is 2.27. The number of nitrogens with zero attached hydrogens (tertiary/aromatic N) is 1. The number of nitrogens with one attached hydrogen (secondary N) is 1. The van der Waals surface area contributed by atoms with Gasteiger partial charge < -0.3 is 25.1 Å². The molecule has 0 radical (unpaired) electrons. The second-order valence-corrected chi connectivity index (χ2v) is 3.51. The highest BCUT2D eigenvalue weighted by Gasteiger charge is 2.16. The van der Waals surface area contributed by atoms with Gasteiger partial charge in [-0.3, -0.25) is 10.1 Å². The van der Waals surface area contributed by atoms with Crippen molar-refractivity contribution < 1.29 is 24.7 Å².